The first-order valence-electron chi connectivity index (χ1n) is 21.0. The van der Waals surface area contributed by atoms with Crippen molar-refractivity contribution in [2.75, 3.05) is 18.0 Å². The van der Waals surface area contributed by atoms with Gasteiger partial charge in [0.25, 0.3) is 5.91 Å². The Morgan fingerprint density at radius 2 is 1.68 bits per heavy atom. The third-order valence-corrected chi connectivity index (χ3v) is 14.4. The Hall–Kier alpha value is -6.16. The summed E-state index contributed by atoms with van der Waals surface area (Å²) < 4.78 is 9.06. The number of fused-ring (bicyclic) bond motifs is 2. The number of piperidine rings is 1. The second kappa shape index (κ2) is 16.3. The molecule has 3 aromatic carbocycles. The van der Waals surface area contributed by atoms with Crippen LogP contribution in [-0.2, 0) is 13.5 Å². The number of rotatable bonds is 10. The minimum atomic E-state index is -0.376. The fraction of sp³-hybridized carbons (Fsp3) is 0.327. The largest absolute Gasteiger partial charge is 0.489 e. The molecule has 7 aromatic rings. The Balaban J connectivity index is 0.760. The highest BCUT2D eigenvalue weighted by atomic mass is 35.5. The number of nitriles is 1. The maximum atomic E-state index is 13.4. The highest BCUT2D eigenvalue weighted by molar-refractivity contribution is 7.16. The number of nitrogens with zero attached hydrogens (tertiary/aromatic N) is 7. The fourth-order valence-electron chi connectivity index (χ4n) is 9.78. The number of aryl methyl sites for hydroxylation is 2. The van der Waals surface area contributed by atoms with E-state index in [-0.39, 0.29) is 33.8 Å². The van der Waals surface area contributed by atoms with E-state index in [1.54, 1.807) is 35.2 Å². The number of amides is 1. The first-order chi connectivity index (χ1) is 29.8. The quantitative estimate of drug-likeness (QED) is 0.142. The predicted octanol–water partition coefficient (Wildman–Crippen LogP) is 9.65. The van der Waals surface area contributed by atoms with Crippen LogP contribution in [0, 0.1) is 28.1 Å². The third-order valence-electron chi connectivity index (χ3n) is 13.0. The average molecular weight is 863 g/mol. The summed E-state index contributed by atoms with van der Waals surface area (Å²) in [5, 5.41) is 15.0. The van der Waals surface area contributed by atoms with Crippen LogP contribution in [0.2, 0.25) is 5.02 Å². The number of hydrogen-bond donors (Lipinski definition) is 1. The van der Waals surface area contributed by atoms with E-state index in [1.165, 1.54) is 11.3 Å². The molecular formula is C49H47ClN8O3S. The van der Waals surface area contributed by atoms with Crippen LogP contribution in [-0.4, -0.2) is 55.6 Å². The zero-order valence-electron chi connectivity index (χ0n) is 35.4. The topological polar surface area (TPSA) is 139 Å². The zero-order chi connectivity index (χ0) is 43.3. The van der Waals surface area contributed by atoms with Gasteiger partial charge in [-0.3, -0.25) is 19.6 Å². The maximum Gasteiger partial charge on any atom is 0.307 e. The van der Waals surface area contributed by atoms with Crippen LogP contribution in [0.4, 0.5) is 5.95 Å². The molecule has 1 aliphatic carbocycles. The van der Waals surface area contributed by atoms with Crippen LogP contribution in [0.25, 0.3) is 43.4 Å². The lowest BCUT2D eigenvalue weighted by Gasteiger charge is -2.63. The second-order valence-electron chi connectivity index (χ2n) is 17.8. The van der Waals surface area contributed by atoms with Crippen molar-refractivity contribution < 1.29 is 9.53 Å². The molecule has 1 N–H and O–H groups in total. The summed E-state index contributed by atoms with van der Waals surface area (Å²) in [7, 11) is 1.82. The number of carbonyl (C=O) groups is 1. The molecule has 0 spiro atoms. The summed E-state index contributed by atoms with van der Waals surface area (Å²) in [5.41, 5.74) is 6.07. The molecule has 11 nitrogen and oxygen atoms in total. The molecule has 1 aliphatic heterocycles. The Labute approximate surface area is 369 Å². The second-order valence-corrected chi connectivity index (χ2v) is 19.2. The van der Waals surface area contributed by atoms with E-state index in [2.05, 4.69) is 102 Å². The number of hydrogen-bond acceptors (Lipinski definition) is 10. The maximum absolute atomic E-state index is 13.4. The monoisotopic (exact) mass is 862 g/mol. The first kappa shape index (κ1) is 41.2. The lowest BCUT2D eigenvalue weighted by molar-refractivity contribution is -0.164. The van der Waals surface area contributed by atoms with E-state index in [9.17, 15) is 14.9 Å². The Bertz CT molecular complexity index is 2910. The van der Waals surface area contributed by atoms with Crippen LogP contribution in [0.3, 0.4) is 0 Å². The van der Waals surface area contributed by atoms with Crippen molar-refractivity contribution in [2.45, 2.75) is 65.5 Å². The van der Waals surface area contributed by atoms with E-state index in [0.717, 1.165) is 87.8 Å². The number of carbonyl (C=O) groups excluding carboxylic acids is 1. The molecule has 2 aliphatic rings. The van der Waals surface area contributed by atoms with E-state index >= 15 is 0 Å². The summed E-state index contributed by atoms with van der Waals surface area (Å²) >= 11 is 7.52. The number of anilines is 1. The SMILES string of the molecule is Cn1c(=O)sc2ccc(-c3cccc4cc(-c5ccc(CCC6CCN(c7ncc(C(=O)NC8C(C)(C)C(Oc9ccc(C#N)c(Cl)c9)C8(C)C)cn7)CC6)nc5)ncc34)cc21. The normalized spacial score (nSPS) is 18.3. The number of ether oxygens (including phenoxy) is 1. The van der Waals surface area contributed by atoms with E-state index in [0.29, 0.717) is 33.8 Å². The number of nitrogens with one attached hydrogen (secondary N) is 1. The summed E-state index contributed by atoms with van der Waals surface area (Å²) in [6, 6.07) is 25.8. The van der Waals surface area contributed by atoms with E-state index in [4.69, 9.17) is 26.3 Å². The van der Waals surface area contributed by atoms with Crippen LogP contribution in [0.15, 0.2) is 102 Å². The highest BCUT2D eigenvalue weighted by Crippen LogP contribution is 2.55. The van der Waals surface area contributed by atoms with Crippen molar-refractivity contribution >= 4 is 55.8 Å². The van der Waals surface area contributed by atoms with Gasteiger partial charge in [0.2, 0.25) is 5.95 Å². The highest BCUT2D eigenvalue weighted by Gasteiger charge is 2.64. The van der Waals surface area contributed by atoms with Crippen molar-refractivity contribution in [2.24, 2.45) is 23.8 Å². The third kappa shape index (κ3) is 7.69. The molecule has 0 radical (unpaired) electrons. The van der Waals surface area contributed by atoms with Gasteiger partial charge in [0.15, 0.2) is 0 Å². The number of halogens is 1. The molecule has 9 rings (SSSR count). The Kier molecular flexibility index (Phi) is 10.8. The fourth-order valence-corrected chi connectivity index (χ4v) is 10.9. The molecule has 0 bridgehead atoms. The number of benzene rings is 3. The number of thiazole rings is 1. The number of pyridine rings is 2. The van der Waals surface area contributed by atoms with E-state index in [1.807, 2.05) is 25.5 Å². The smallest absolute Gasteiger partial charge is 0.307 e. The van der Waals surface area contributed by atoms with Crippen LogP contribution in [0.5, 0.6) is 5.75 Å². The van der Waals surface area contributed by atoms with Gasteiger partial charge >= 0.3 is 4.87 Å². The molecule has 1 saturated carbocycles. The molecule has 1 saturated heterocycles. The predicted molar refractivity (Wildman–Crippen MR) is 246 cm³/mol. The molecule has 1 amide bonds. The van der Waals surface area contributed by atoms with E-state index < -0.39 is 0 Å². The Morgan fingerprint density at radius 3 is 2.39 bits per heavy atom. The Morgan fingerprint density at radius 1 is 0.919 bits per heavy atom. The molecule has 13 heteroatoms. The van der Waals surface area contributed by atoms with Crippen LogP contribution < -0.4 is 19.8 Å². The summed E-state index contributed by atoms with van der Waals surface area (Å²) in [6.07, 6.45) is 10.9. The van der Waals surface area contributed by atoms with Crippen molar-refractivity contribution in [1.29, 1.82) is 5.26 Å². The van der Waals surface area contributed by atoms with Gasteiger partial charge in [-0.2, -0.15) is 5.26 Å². The molecule has 314 valence electrons. The number of aromatic nitrogens is 5. The lowest BCUT2D eigenvalue weighted by Crippen LogP contribution is -2.74. The summed E-state index contributed by atoms with van der Waals surface area (Å²) in [4.78, 5) is 46.8. The average Bonchev–Trinajstić information content (AvgIpc) is 3.57. The van der Waals surface area contributed by atoms with Gasteiger partial charge in [0.05, 0.1) is 32.1 Å². The molecular weight excluding hydrogens is 816 g/mol. The van der Waals surface area contributed by atoms with Crippen LogP contribution in [0.1, 0.15) is 68.6 Å². The standard InChI is InChI=1S/C49H47ClN8O3S/c1-48(2)44(49(3,4)45(48)61-36-15-11-32(24-51)39(50)23-36)56-43(59)34-26-54-46(55-27-34)58-19-17-29(18-20-58)9-13-35-14-10-33(25-52-35)40-21-30-7-6-8-37(38(30)28-53-40)31-12-16-42-41(22-31)57(5)47(60)62-42/h6-8,10-12,14-16,21-23,25-29,44-45H,9,13,17-20H2,1-5H3,(H,56,59). The molecule has 62 heavy (non-hydrogen) atoms. The van der Waals surface area contributed by atoms with Crippen molar-refractivity contribution in [3.05, 3.63) is 129 Å². The van der Waals surface area contributed by atoms with Gasteiger partial charge in [-0.15, -0.1) is 0 Å². The lowest BCUT2D eigenvalue weighted by atomic mass is 9.49. The van der Waals surface area contributed by atoms with Gasteiger partial charge in [0.1, 0.15) is 17.9 Å². The van der Waals surface area contributed by atoms with Crippen LogP contribution >= 0.6 is 22.9 Å². The minimum absolute atomic E-state index is 0.0389. The molecule has 2 fully saturated rings. The first-order valence-corrected chi connectivity index (χ1v) is 22.2. The minimum Gasteiger partial charge on any atom is -0.489 e. The van der Waals surface area contributed by atoms with Crippen molar-refractivity contribution in [3.8, 4) is 34.2 Å². The van der Waals surface area contributed by atoms with Gasteiger partial charge < -0.3 is 19.5 Å². The van der Waals surface area contributed by atoms with Gasteiger partial charge in [-0.05, 0) is 90.6 Å². The van der Waals surface area contributed by atoms with Crippen molar-refractivity contribution in [3.63, 3.8) is 0 Å². The molecule has 0 unspecified atom stereocenters. The summed E-state index contributed by atoms with van der Waals surface area (Å²) in [6.45, 7) is 10.0. The van der Waals surface area contributed by atoms with Gasteiger partial charge in [-0.1, -0.05) is 74.9 Å². The molecule has 4 aromatic heterocycles. The van der Waals surface area contributed by atoms with Gasteiger partial charge in [0, 0.05) is 84.5 Å². The zero-order valence-corrected chi connectivity index (χ0v) is 36.9. The van der Waals surface area contributed by atoms with Gasteiger partial charge in [-0.25, -0.2) is 9.97 Å². The summed E-state index contributed by atoms with van der Waals surface area (Å²) in [5.74, 6) is 1.59. The molecule has 0 atom stereocenters. The molecule has 5 heterocycles. The van der Waals surface area contributed by atoms with Crippen molar-refractivity contribution in [1.82, 2.24) is 29.8 Å².